The minimum atomic E-state index is -0.820. The third-order valence-electron chi connectivity index (χ3n) is 9.76. The molecule has 2 bridgehead atoms. The molecule has 8 rings (SSSR count). The normalized spacial score (nSPS) is 17.1. The van der Waals surface area contributed by atoms with E-state index in [-0.39, 0.29) is 12.2 Å². The van der Waals surface area contributed by atoms with Gasteiger partial charge in [-0.3, -0.25) is 0 Å². The summed E-state index contributed by atoms with van der Waals surface area (Å²) in [6.07, 6.45) is 4.86. The number of hydrogen-bond acceptors (Lipinski definition) is 2. The maximum absolute atomic E-state index is 7.33. The highest BCUT2D eigenvalue weighted by atomic mass is 31.1. The molecule has 2 unspecified atom stereocenters. The first-order valence-corrected chi connectivity index (χ1v) is 20.2. The second kappa shape index (κ2) is 14.3. The number of para-hydroxylation sites is 2. The number of ether oxygens (including phenoxy) is 2. The van der Waals surface area contributed by atoms with E-state index in [9.17, 15) is 0 Å². The van der Waals surface area contributed by atoms with Crippen LogP contribution in [0.1, 0.15) is 41.5 Å². The molecule has 244 valence electrons. The quantitative estimate of drug-likeness (QED) is 0.165. The second-order valence-corrected chi connectivity index (χ2v) is 17.7. The molecule has 0 aromatic heterocycles. The molecule has 0 radical (unpaired) electrons. The maximum atomic E-state index is 7.33. The van der Waals surface area contributed by atoms with Gasteiger partial charge in [0.05, 0.1) is 0 Å². The van der Waals surface area contributed by atoms with Crippen LogP contribution >= 0.6 is 15.8 Å². The highest BCUT2D eigenvalue weighted by Crippen LogP contribution is 2.43. The lowest BCUT2D eigenvalue weighted by molar-refractivity contribution is 0.189. The van der Waals surface area contributed by atoms with E-state index in [1.807, 2.05) is 0 Å². The molecule has 0 amide bonds. The lowest BCUT2D eigenvalue weighted by Gasteiger charge is -2.30. The molecule has 2 aliphatic heterocycles. The van der Waals surface area contributed by atoms with Gasteiger partial charge in [0, 0.05) is 23.5 Å². The average molecular weight is 677 g/mol. The Morgan fingerprint density at radius 3 is 1.22 bits per heavy atom. The third kappa shape index (κ3) is 6.83. The summed E-state index contributed by atoms with van der Waals surface area (Å²) in [6.45, 7) is 4.33. The van der Waals surface area contributed by atoms with Crippen molar-refractivity contribution < 1.29 is 9.47 Å². The molecule has 0 saturated heterocycles. The van der Waals surface area contributed by atoms with Crippen LogP contribution in [0.4, 0.5) is 0 Å². The molecule has 0 fully saturated rings. The van der Waals surface area contributed by atoms with Crippen LogP contribution in [0.5, 0.6) is 11.5 Å². The molecule has 2 atom stereocenters. The lowest BCUT2D eigenvalue weighted by Crippen LogP contribution is -2.30. The Balaban J connectivity index is 1.24. The Morgan fingerprint density at radius 2 is 0.816 bits per heavy atom. The summed E-state index contributed by atoms with van der Waals surface area (Å²) in [4.78, 5) is 0. The molecule has 2 nitrogen and oxygen atoms in total. The summed E-state index contributed by atoms with van der Waals surface area (Å²) in [5.41, 5.74) is 5.08. The standard InChI is InChI=1S/C45H42O2P2/c1-32-22-26-40(27-23-32)49(41-28-24-33(2)25-29-41)43-21-10-13-35-31-36-14-11-15-37(47-45(35)43)30-34-12-9-20-42(44(34)46-36)48(38-16-5-3-6-17-38)39-18-7-4-8-19-39/h3-10,12-13,16-29,36-37H,11,14-15,30-31H2,1-2H3. The van der Waals surface area contributed by atoms with E-state index in [0.29, 0.717) is 0 Å². The van der Waals surface area contributed by atoms with Crippen LogP contribution in [0.25, 0.3) is 0 Å². The van der Waals surface area contributed by atoms with E-state index in [2.05, 4.69) is 159 Å². The minimum absolute atomic E-state index is 0.0573. The summed E-state index contributed by atoms with van der Waals surface area (Å²) in [6, 6.07) is 53.9. The van der Waals surface area contributed by atoms with E-state index < -0.39 is 15.8 Å². The van der Waals surface area contributed by atoms with E-state index >= 15 is 0 Å². The summed E-state index contributed by atoms with van der Waals surface area (Å²) >= 11 is 0. The fourth-order valence-corrected chi connectivity index (χ4v) is 12.1. The monoisotopic (exact) mass is 676 g/mol. The average Bonchev–Trinajstić information content (AvgIpc) is 3.27. The summed E-state index contributed by atoms with van der Waals surface area (Å²) < 4.78 is 14.6. The van der Waals surface area contributed by atoms with Gasteiger partial charge in [0.15, 0.2) is 0 Å². The smallest absolute Gasteiger partial charge is 0.131 e. The van der Waals surface area contributed by atoms with Gasteiger partial charge in [-0.2, -0.15) is 0 Å². The highest BCUT2D eigenvalue weighted by Gasteiger charge is 2.32. The van der Waals surface area contributed by atoms with Crippen LogP contribution in [0.3, 0.4) is 0 Å². The van der Waals surface area contributed by atoms with Crippen molar-refractivity contribution in [2.24, 2.45) is 0 Å². The molecular weight excluding hydrogens is 634 g/mol. The van der Waals surface area contributed by atoms with Crippen LogP contribution in [0, 0.1) is 13.8 Å². The third-order valence-corrected chi connectivity index (χ3v) is 14.7. The van der Waals surface area contributed by atoms with Crippen LogP contribution in [0.2, 0.25) is 0 Å². The molecule has 0 N–H and O–H groups in total. The fourth-order valence-electron chi connectivity index (χ4n) is 7.29. The molecule has 6 aromatic rings. The first-order valence-electron chi connectivity index (χ1n) is 17.5. The van der Waals surface area contributed by atoms with Crippen molar-refractivity contribution >= 4 is 47.7 Å². The number of fused-ring (bicyclic) bond motifs is 6. The molecule has 2 aliphatic rings. The van der Waals surface area contributed by atoms with E-state index in [1.54, 1.807) is 0 Å². The van der Waals surface area contributed by atoms with Crippen molar-refractivity contribution in [3.63, 3.8) is 0 Å². The fraction of sp³-hybridized carbons (Fsp3) is 0.200. The molecule has 4 heteroatoms. The van der Waals surface area contributed by atoms with Crippen molar-refractivity contribution in [3.05, 3.63) is 168 Å². The largest absolute Gasteiger partial charge is 0.489 e. The van der Waals surface area contributed by atoms with Crippen LogP contribution in [-0.2, 0) is 12.8 Å². The minimum Gasteiger partial charge on any atom is -0.489 e. The summed E-state index contributed by atoms with van der Waals surface area (Å²) in [7, 11) is -1.62. The number of hydrogen-bond donors (Lipinski definition) is 0. The first kappa shape index (κ1) is 32.0. The van der Waals surface area contributed by atoms with Gasteiger partial charge in [0.1, 0.15) is 23.7 Å². The van der Waals surface area contributed by atoms with Crippen molar-refractivity contribution in [1.82, 2.24) is 0 Å². The van der Waals surface area contributed by atoms with Gasteiger partial charge in [-0.15, -0.1) is 0 Å². The van der Waals surface area contributed by atoms with Gasteiger partial charge in [-0.1, -0.05) is 157 Å². The van der Waals surface area contributed by atoms with Crippen molar-refractivity contribution in [2.75, 3.05) is 0 Å². The zero-order valence-electron chi connectivity index (χ0n) is 28.3. The predicted octanol–water partition coefficient (Wildman–Crippen LogP) is 8.30. The summed E-state index contributed by atoms with van der Waals surface area (Å²) in [5.74, 6) is 2.15. The van der Waals surface area contributed by atoms with Gasteiger partial charge in [0.25, 0.3) is 0 Å². The highest BCUT2D eigenvalue weighted by molar-refractivity contribution is 7.80. The Morgan fingerprint density at radius 1 is 0.429 bits per heavy atom. The first-order chi connectivity index (χ1) is 24.1. The van der Waals surface area contributed by atoms with E-state index in [4.69, 9.17) is 9.47 Å². The number of rotatable bonds is 6. The topological polar surface area (TPSA) is 18.5 Å². The molecule has 2 heterocycles. The van der Waals surface area contributed by atoms with Gasteiger partial charge in [-0.05, 0) is 81.3 Å². The second-order valence-electron chi connectivity index (χ2n) is 13.4. The molecule has 49 heavy (non-hydrogen) atoms. The molecule has 6 aromatic carbocycles. The molecule has 0 aliphatic carbocycles. The maximum Gasteiger partial charge on any atom is 0.131 e. The van der Waals surface area contributed by atoms with Crippen molar-refractivity contribution in [3.8, 4) is 11.5 Å². The Hall–Kier alpha value is -4.22. The van der Waals surface area contributed by atoms with Gasteiger partial charge < -0.3 is 9.47 Å². The van der Waals surface area contributed by atoms with Gasteiger partial charge in [-0.25, -0.2) is 0 Å². The van der Waals surface area contributed by atoms with Gasteiger partial charge in [0.2, 0.25) is 0 Å². The van der Waals surface area contributed by atoms with Crippen LogP contribution in [0.15, 0.2) is 146 Å². The van der Waals surface area contributed by atoms with Crippen molar-refractivity contribution in [2.45, 2.75) is 58.2 Å². The van der Waals surface area contributed by atoms with Crippen LogP contribution in [-0.4, -0.2) is 12.2 Å². The van der Waals surface area contributed by atoms with Crippen molar-refractivity contribution in [1.29, 1.82) is 0 Å². The number of benzene rings is 6. The van der Waals surface area contributed by atoms with Crippen LogP contribution < -0.4 is 41.3 Å². The SMILES string of the molecule is Cc1ccc(P(c2ccc(C)cc2)c2cccc3c2OC2CCCC(C3)Oc3c(cccc3P(c3ccccc3)c3ccccc3)C2)cc1. The Bertz CT molecular complexity index is 1940. The molecule has 0 saturated carbocycles. The van der Waals surface area contributed by atoms with E-state index in [0.717, 1.165) is 43.6 Å². The Labute approximate surface area is 293 Å². The zero-order valence-corrected chi connectivity index (χ0v) is 30.0. The van der Waals surface area contributed by atoms with Gasteiger partial charge >= 0.3 is 0 Å². The molecular formula is C45H42O2P2. The van der Waals surface area contributed by atoms with E-state index in [1.165, 1.54) is 54.1 Å². The predicted molar refractivity (Wildman–Crippen MR) is 210 cm³/mol. The summed E-state index contributed by atoms with van der Waals surface area (Å²) in [5, 5.41) is 7.98. The lowest BCUT2D eigenvalue weighted by atomic mass is 10.0. The Kier molecular flexibility index (Phi) is 9.36. The number of aryl methyl sites for hydroxylation is 2. The zero-order chi connectivity index (χ0) is 33.2. The molecule has 0 spiro atoms.